The zero-order valence-corrected chi connectivity index (χ0v) is 20.6. The second-order valence-corrected chi connectivity index (χ2v) is 9.35. The van der Waals surface area contributed by atoms with Crippen LogP contribution in [0.25, 0.3) is 22.7 Å². The molecule has 3 heterocycles. The summed E-state index contributed by atoms with van der Waals surface area (Å²) < 4.78 is 7.94. The highest BCUT2D eigenvalue weighted by molar-refractivity contribution is 6.38. The van der Waals surface area contributed by atoms with Crippen molar-refractivity contribution in [2.75, 3.05) is 35.7 Å². The molecule has 2 aliphatic heterocycles. The summed E-state index contributed by atoms with van der Waals surface area (Å²) >= 11 is 6.20. The van der Waals surface area contributed by atoms with Crippen LogP contribution >= 0.6 is 11.6 Å². The summed E-state index contributed by atoms with van der Waals surface area (Å²) in [5, 5.41) is 7.04. The third kappa shape index (κ3) is 3.87. The van der Waals surface area contributed by atoms with Gasteiger partial charge in [-0.25, -0.2) is 4.98 Å². The molecule has 0 unspecified atom stereocenters. The van der Waals surface area contributed by atoms with E-state index >= 15 is 0 Å². The number of aromatic nitrogens is 2. The number of nitrogens with one attached hydrogen (secondary N) is 2. The summed E-state index contributed by atoms with van der Waals surface area (Å²) in [6.45, 7) is 1.44. The van der Waals surface area contributed by atoms with Gasteiger partial charge in [0.15, 0.2) is 0 Å². The van der Waals surface area contributed by atoms with Gasteiger partial charge >= 0.3 is 0 Å². The van der Waals surface area contributed by atoms with E-state index in [1.807, 2.05) is 73.4 Å². The molecule has 0 spiro atoms. The number of nitrogens with zero attached hydrogens (tertiary/aromatic N) is 3. The van der Waals surface area contributed by atoms with E-state index in [4.69, 9.17) is 16.3 Å². The molecule has 0 aliphatic carbocycles. The van der Waals surface area contributed by atoms with Crippen LogP contribution in [0.15, 0.2) is 73.1 Å². The van der Waals surface area contributed by atoms with Crippen LogP contribution in [-0.4, -0.2) is 35.7 Å². The Morgan fingerprint density at radius 3 is 2.69 bits per heavy atom. The third-order valence-electron chi connectivity index (χ3n) is 6.55. The zero-order chi connectivity index (χ0) is 24.8. The standard InChI is InChI=1S/C28H24ClN5O2/c1-33-13-14-36-24-15-18(5-10-23(24)33)26(25-21-9-6-19(29)16-22(21)32-28(25)35)31-20-7-3-17(4-8-20)27-30-11-12-34(27)2/h3-12,15-16,31H,13-14H2,1-2H3,(H,32,35)/b26-25-. The number of amides is 1. The number of hydrogen-bond donors (Lipinski definition) is 2. The van der Waals surface area contributed by atoms with Crippen molar-refractivity contribution < 1.29 is 9.53 Å². The number of benzene rings is 3. The average molecular weight is 498 g/mol. The molecule has 1 amide bonds. The van der Waals surface area contributed by atoms with Crippen LogP contribution in [-0.2, 0) is 11.8 Å². The quantitative estimate of drug-likeness (QED) is 0.364. The average Bonchev–Trinajstić information content (AvgIpc) is 3.44. The van der Waals surface area contributed by atoms with Crippen molar-refractivity contribution in [3.05, 3.63) is 89.2 Å². The lowest BCUT2D eigenvalue weighted by Gasteiger charge is -2.28. The molecule has 1 aromatic heterocycles. The number of carbonyl (C=O) groups excluding carboxylic acids is 1. The molecule has 36 heavy (non-hydrogen) atoms. The molecular formula is C28H24ClN5O2. The smallest absolute Gasteiger partial charge is 0.258 e. The number of anilines is 3. The number of carbonyl (C=O) groups is 1. The first-order chi connectivity index (χ1) is 17.5. The lowest BCUT2D eigenvalue weighted by atomic mass is 9.99. The van der Waals surface area contributed by atoms with Gasteiger partial charge in [-0.15, -0.1) is 0 Å². The van der Waals surface area contributed by atoms with Gasteiger partial charge in [-0.05, 0) is 48.5 Å². The van der Waals surface area contributed by atoms with Crippen LogP contribution in [0, 0.1) is 0 Å². The van der Waals surface area contributed by atoms with Gasteiger partial charge in [-0.1, -0.05) is 23.7 Å². The second kappa shape index (κ2) is 8.77. The number of rotatable bonds is 4. The van der Waals surface area contributed by atoms with Crippen LogP contribution < -0.4 is 20.3 Å². The van der Waals surface area contributed by atoms with Gasteiger partial charge in [-0.2, -0.15) is 0 Å². The van der Waals surface area contributed by atoms with E-state index in [2.05, 4.69) is 20.5 Å². The molecule has 0 saturated heterocycles. The van der Waals surface area contributed by atoms with E-state index < -0.39 is 0 Å². The minimum Gasteiger partial charge on any atom is -0.490 e. The van der Waals surface area contributed by atoms with Crippen molar-refractivity contribution in [1.82, 2.24) is 9.55 Å². The zero-order valence-electron chi connectivity index (χ0n) is 19.9. The first kappa shape index (κ1) is 22.2. The van der Waals surface area contributed by atoms with Gasteiger partial charge in [0.25, 0.3) is 5.91 Å². The van der Waals surface area contributed by atoms with Gasteiger partial charge in [0.1, 0.15) is 18.2 Å². The Balaban J connectivity index is 1.46. The fourth-order valence-corrected chi connectivity index (χ4v) is 4.85. The van der Waals surface area contributed by atoms with Gasteiger partial charge in [0.05, 0.1) is 29.2 Å². The SMILES string of the molecule is CN1CCOc2cc(/C(Nc3ccc(-c4nccn4C)cc3)=C3/C(=O)Nc4cc(Cl)ccc43)ccc21. The predicted octanol–water partition coefficient (Wildman–Crippen LogP) is 5.50. The molecule has 4 aromatic rings. The molecule has 3 aromatic carbocycles. The van der Waals surface area contributed by atoms with Crippen LogP contribution in [0.2, 0.25) is 5.02 Å². The third-order valence-corrected chi connectivity index (χ3v) is 6.79. The van der Waals surface area contributed by atoms with Crippen LogP contribution in [0.5, 0.6) is 5.75 Å². The molecule has 2 aliphatic rings. The van der Waals surface area contributed by atoms with E-state index in [1.54, 1.807) is 18.3 Å². The number of fused-ring (bicyclic) bond motifs is 2. The van der Waals surface area contributed by atoms with E-state index in [-0.39, 0.29) is 5.91 Å². The summed E-state index contributed by atoms with van der Waals surface area (Å²) in [6.07, 6.45) is 3.70. The minimum atomic E-state index is -0.185. The highest BCUT2D eigenvalue weighted by Gasteiger charge is 2.29. The lowest BCUT2D eigenvalue weighted by Crippen LogP contribution is -2.28. The molecule has 0 radical (unpaired) electrons. The van der Waals surface area contributed by atoms with E-state index in [0.717, 1.165) is 46.2 Å². The Kier molecular flexibility index (Phi) is 5.42. The van der Waals surface area contributed by atoms with Crippen LogP contribution in [0.4, 0.5) is 17.1 Å². The topological polar surface area (TPSA) is 71.4 Å². The molecule has 7 nitrogen and oxygen atoms in total. The van der Waals surface area contributed by atoms with Crippen LogP contribution in [0.1, 0.15) is 11.1 Å². The maximum absolute atomic E-state index is 13.2. The maximum atomic E-state index is 13.2. The molecule has 0 fully saturated rings. The molecule has 2 N–H and O–H groups in total. The molecule has 0 bridgehead atoms. The molecular weight excluding hydrogens is 474 g/mol. The summed E-state index contributed by atoms with van der Waals surface area (Å²) in [7, 11) is 4.02. The normalized spacial score (nSPS) is 15.6. The maximum Gasteiger partial charge on any atom is 0.258 e. The summed E-state index contributed by atoms with van der Waals surface area (Å²) in [6, 6.07) is 19.5. The monoisotopic (exact) mass is 497 g/mol. The highest BCUT2D eigenvalue weighted by atomic mass is 35.5. The van der Waals surface area contributed by atoms with E-state index in [0.29, 0.717) is 28.6 Å². The van der Waals surface area contributed by atoms with Crippen molar-refractivity contribution in [1.29, 1.82) is 0 Å². The predicted molar refractivity (Wildman–Crippen MR) is 144 cm³/mol. The molecule has 8 heteroatoms. The fourth-order valence-electron chi connectivity index (χ4n) is 4.68. The number of aryl methyl sites for hydroxylation is 1. The molecule has 0 saturated carbocycles. The number of imidazole rings is 1. The first-order valence-corrected chi connectivity index (χ1v) is 12.0. The number of hydrogen-bond acceptors (Lipinski definition) is 5. The minimum absolute atomic E-state index is 0.185. The summed E-state index contributed by atoms with van der Waals surface area (Å²) in [5.74, 6) is 1.49. The Labute approximate surface area is 214 Å². The molecule has 180 valence electrons. The van der Waals surface area contributed by atoms with Crippen molar-refractivity contribution in [2.24, 2.45) is 7.05 Å². The van der Waals surface area contributed by atoms with Gasteiger partial charge in [0.2, 0.25) is 0 Å². The highest BCUT2D eigenvalue weighted by Crippen LogP contribution is 2.41. The summed E-state index contributed by atoms with van der Waals surface area (Å²) in [4.78, 5) is 19.8. The van der Waals surface area contributed by atoms with E-state index in [9.17, 15) is 4.79 Å². The van der Waals surface area contributed by atoms with Crippen molar-refractivity contribution in [2.45, 2.75) is 0 Å². The van der Waals surface area contributed by atoms with Gasteiger partial charge in [-0.3, -0.25) is 4.79 Å². The number of ether oxygens (including phenoxy) is 1. The molecule has 0 atom stereocenters. The first-order valence-electron chi connectivity index (χ1n) is 11.7. The van der Waals surface area contributed by atoms with Crippen LogP contribution in [0.3, 0.4) is 0 Å². The fraction of sp³-hybridized carbons (Fsp3) is 0.143. The van der Waals surface area contributed by atoms with Crippen molar-refractivity contribution >= 4 is 45.8 Å². The Morgan fingerprint density at radius 2 is 1.92 bits per heavy atom. The number of halogens is 1. The lowest BCUT2D eigenvalue weighted by molar-refractivity contribution is -0.110. The summed E-state index contributed by atoms with van der Waals surface area (Å²) in [5.41, 5.74) is 6.47. The van der Waals surface area contributed by atoms with Gasteiger partial charge in [0, 0.05) is 53.9 Å². The Morgan fingerprint density at radius 1 is 1.08 bits per heavy atom. The van der Waals surface area contributed by atoms with Crippen molar-refractivity contribution in [3.63, 3.8) is 0 Å². The van der Waals surface area contributed by atoms with E-state index in [1.165, 1.54) is 0 Å². The second-order valence-electron chi connectivity index (χ2n) is 8.91. The van der Waals surface area contributed by atoms with Crippen molar-refractivity contribution in [3.8, 4) is 17.1 Å². The Hall–Kier alpha value is -4.23. The largest absolute Gasteiger partial charge is 0.490 e. The number of likely N-dealkylation sites (N-methyl/N-ethyl adjacent to an activating group) is 1. The van der Waals surface area contributed by atoms with Gasteiger partial charge < -0.3 is 24.8 Å². The molecule has 6 rings (SSSR count). The Bertz CT molecular complexity index is 1520.